The smallest absolute Gasteiger partial charge is 0.419 e. The van der Waals surface area contributed by atoms with Crippen LogP contribution in [0.5, 0.6) is 5.75 Å². The first kappa shape index (κ1) is 15.4. The summed E-state index contributed by atoms with van der Waals surface area (Å²) in [5.74, 6) is -0.173. The zero-order chi connectivity index (χ0) is 14.8. The Bertz CT molecular complexity index is 498. The fourth-order valence-corrected chi connectivity index (χ4v) is 1.85. The second-order valence-electron chi connectivity index (χ2n) is 4.79. The molecule has 0 aliphatic heterocycles. The molecule has 1 aliphatic rings. The Morgan fingerprint density at radius 1 is 1.40 bits per heavy atom. The van der Waals surface area contributed by atoms with Crippen LogP contribution in [0.4, 0.5) is 13.2 Å². The summed E-state index contributed by atoms with van der Waals surface area (Å²) < 4.78 is 44.7. The first-order valence-corrected chi connectivity index (χ1v) is 7.05. The maximum atomic E-state index is 13.0. The fourth-order valence-electron chi connectivity index (χ4n) is 1.74. The summed E-state index contributed by atoms with van der Waals surface area (Å²) in [4.78, 5) is 0. The molecule has 0 aromatic heterocycles. The van der Waals surface area contributed by atoms with Gasteiger partial charge in [-0.05, 0) is 30.5 Å². The van der Waals surface area contributed by atoms with E-state index < -0.39 is 11.7 Å². The zero-order valence-corrected chi connectivity index (χ0v) is 12.4. The van der Waals surface area contributed by atoms with Crippen LogP contribution >= 0.6 is 15.9 Å². The minimum Gasteiger partial charge on any atom is -0.488 e. The molecule has 6 heteroatoms. The summed E-state index contributed by atoms with van der Waals surface area (Å²) in [5.41, 5.74) is -0.143. The van der Waals surface area contributed by atoms with E-state index in [1.165, 1.54) is 6.07 Å². The summed E-state index contributed by atoms with van der Waals surface area (Å²) >= 11 is 3.06. The van der Waals surface area contributed by atoms with Crippen molar-refractivity contribution in [3.63, 3.8) is 0 Å². The summed E-state index contributed by atoms with van der Waals surface area (Å²) in [7, 11) is 0. The highest BCUT2D eigenvalue weighted by Crippen LogP contribution is 2.37. The Morgan fingerprint density at radius 3 is 2.65 bits per heavy atom. The predicted molar refractivity (Wildman–Crippen MR) is 74.9 cm³/mol. The Balaban J connectivity index is 2.15. The maximum Gasteiger partial charge on any atom is 0.419 e. The van der Waals surface area contributed by atoms with Crippen LogP contribution in [0.15, 0.2) is 29.3 Å². The molecule has 1 aliphatic carbocycles. The minimum atomic E-state index is -4.43. The van der Waals surface area contributed by atoms with Crippen LogP contribution in [0.1, 0.15) is 24.0 Å². The number of ether oxygens (including phenoxy) is 1. The van der Waals surface area contributed by atoms with Crippen molar-refractivity contribution in [2.24, 2.45) is 0 Å². The molecule has 1 aromatic carbocycles. The van der Waals surface area contributed by atoms with Crippen molar-refractivity contribution in [3.05, 3.63) is 40.4 Å². The van der Waals surface area contributed by atoms with Crippen molar-refractivity contribution in [3.8, 4) is 5.75 Å². The van der Waals surface area contributed by atoms with Gasteiger partial charge in [-0.1, -0.05) is 28.6 Å². The fraction of sp³-hybridized carbons (Fsp3) is 0.429. The summed E-state index contributed by atoms with van der Waals surface area (Å²) in [6, 6.07) is 4.61. The lowest BCUT2D eigenvalue weighted by Gasteiger charge is -2.15. The number of halogens is 4. The van der Waals surface area contributed by atoms with Gasteiger partial charge in [0.1, 0.15) is 12.4 Å². The van der Waals surface area contributed by atoms with E-state index in [4.69, 9.17) is 4.74 Å². The minimum absolute atomic E-state index is 0.00273. The van der Waals surface area contributed by atoms with Gasteiger partial charge < -0.3 is 10.1 Å². The molecule has 0 heterocycles. The Morgan fingerprint density at radius 2 is 2.10 bits per heavy atom. The van der Waals surface area contributed by atoms with E-state index in [-0.39, 0.29) is 12.4 Å². The molecule has 1 saturated carbocycles. The van der Waals surface area contributed by atoms with Gasteiger partial charge in [0.2, 0.25) is 0 Å². The van der Waals surface area contributed by atoms with E-state index in [1.807, 2.05) is 0 Å². The Kier molecular flexibility index (Phi) is 4.75. The SMILES string of the molecule is C=C(Br)COc1ccc(CNC2CC2)cc1C(F)(F)F. The number of nitrogens with one attached hydrogen (secondary N) is 1. The molecule has 1 N–H and O–H groups in total. The van der Waals surface area contributed by atoms with E-state index in [1.54, 1.807) is 6.07 Å². The Labute approximate surface area is 124 Å². The van der Waals surface area contributed by atoms with Crippen molar-refractivity contribution in [1.29, 1.82) is 0 Å². The van der Waals surface area contributed by atoms with Crippen LogP contribution in [-0.2, 0) is 12.7 Å². The van der Waals surface area contributed by atoms with Crippen LogP contribution in [0, 0.1) is 0 Å². The third-order valence-corrected chi connectivity index (χ3v) is 3.13. The number of alkyl halides is 3. The van der Waals surface area contributed by atoms with Gasteiger partial charge in [0, 0.05) is 17.1 Å². The normalized spacial score (nSPS) is 15.2. The Hall–Kier alpha value is -1.01. The van der Waals surface area contributed by atoms with Gasteiger partial charge in [0.05, 0.1) is 5.56 Å². The van der Waals surface area contributed by atoms with Crippen LogP contribution in [0.25, 0.3) is 0 Å². The first-order valence-electron chi connectivity index (χ1n) is 6.26. The largest absolute Gasteiger partial charge is 0.488 e. The lowest BCUT2D eigenvalue weighted by molar-refractivity contribution is -0.138. The molecule has 1 aromatic rings. The molecule has 0 spiro atoms. The highest BCUT2D eigenvalue weighted by atomic mass is 79.9. The lowest BCUT2D eigenvalue weighted by atomic mass is 10.1. The maximum absolute atomic E-state index is 13.0. The zero-order valence-electron chi connectivity index (χ0n) is 10.8. The van der Waals surface area contributed by atoms with Crippen LogP contribution in [0.3, 0.4) is 0 Å². The van der Waals surface area contributed by atoms with Gasteiger partial charge in [-0.2, -0.15) is 13.2 Å². The average molecular weight is 350 g/mol. The molecule has 2 nitrogen and oxygen atoms in total. The van der Waals surface area contributed by atoms with E-state index in [2.05, 4.69) is 27.8 Å². The van der Waals surface area contributed by atoms with Gasteiger partial charge >= 0.3 is 6.18 Å². The number of hydrogen-bond acceptors (Lipinski definition) is 2. The van der Waals surface area contributed by atoms with Gasteiger partial charge in [-0.15, -0.1) is 0 Å². The topological polar surface area (TPSA) is 21.3 Å². The van der Waals surface area contributed by atoms with Crippen molar-refractivity contribution >= 4 is 15.9 Å². The van der Waals surface area contributed by atoms with Crippen LogP contribution in [0.2, 0.25) is 0 Å². The quantitative estimate of drug-likeness (QED) is 0.829. The monoisotopic (exact) mass is 349 g/mol. The van der Waals surface area contributed by atoms with Crippen molar-refractivity contribution in [1.82, 2.24) is 5.32 Å². The summed E-state index contributed by atoms with van der Waals surface area (Å²) in [6.45, 7) is 3.98. The molecule has 0 unspecified atom stereocenters. The molecule has 0 radical (unpaired) electrons. The molecule has 0 amide bonds. The number of rotatable bonds is 6. The second kappa shape index (κ2) is 6.18. The number of benzene rings is 1. The average Bonchev–Trinajstić information content (AvgIpc) is 3.17. The van der Waals surface area contributed by atoms with Gasteiger partial charge in [0.25, 0.3) is 0 Å². The van der Waals surface area contributed by atoms with E-state index in [0.29, 0.717) is 22.6 Å². The molecule has 0 bridgehead atoms. The van der Waals surface area contributed by atoms with E-state index >= 15 is 0 Å². The first-order chi connectivity index (χ1) is 9.36. The number of hydrogen-bond donors (Lipinski definition) is 1. The highest BCUT2D eigenvalue weighted by Gasteiger charge is 2.34. The van der Waals surface area contributed by atoms with Crippen LogP contribution in [-0.4, -0.2) is 12.6 Å². The molecule has 1 fully saturated rings. The molecule has 20 heavy (non-hydrogen) atoms. The van der Waals surface area contributed by atoms with Gasteiger partial charge in [0.15, 0.2) is 0 Å². The predicted octanol–water partition coefficient (Wildman–Crippen LogP) is 4.24. The van der Waals surface area contributed by atoms with E-state index in [9.17, 15) is 13.2 Å². The standard InChI is InChI=1S/C14H15BrF3NO/c1-9(15)8-20-13-5-2-10(7-19-11-3-4-11)6-12(13)14(16,17)18/h2,5-6,11,19H,1,3-4,7-8H2. The van der Waals surface area contributed by atoms with Crippen LogP contribution < -0.4 is 10.1 Å². The summed E-state index contributed by atoms with van der Waals surface area (Å²) in [5, 5.41) is 3.19. The second-order valence-corrected chi connectivity index (χ2v) is 5.91. The van der Waals surface area contributed by atoms with Gasteiger partial charge in [-0.3, -0.25) is 0 Å². The molecule has 0 saturated heterocycles. The van der Waals surface area contributed by atoms with Gasteiger partial charge in [-0.25, -0.2) is 0 Å². The van der Waals surface area contributed by atoms with Crippen molar-refractivity contribution in [2.45, 2.75) is 31.6 Å². The third-order valence-electron chi connectivity index (χ3n) is 2.91. The van der Waals surface area contributed by atoms with Crippen molar-refractivity contribution in [2.75, 3.05) is 6.61 Å². The molecule has 0 atom stereocenters. The molecular weight excluding hydrogens is 335 g/mol. The third kappa shape index (κ3) is 4.52. The molecule has 110 valence electrons. The van der Waals surface area contributed by atoms with E-state index in [0.717, 1.165) is 18.9 Å². The summed E-state index contributed by atoms with van der Waals surface area (Å²) in [6.07, 6.45) is -2.24. The molecule has 2 rings (SSSR count). The molecular formula is C14H15BrF3NO. The lowest BCUT2D eigenvalue weighted by Crippen LogP contribution is -2.16. The van der Waals surface area contributed by atoms with Crippen molar-refractivity contribution < 1.29 is 17.9 Å². The highest BCUT2D eigenvalue weighted by molar-refractivity contribution is 9.11.